The van der Waals surface area contributed by atoms with Gasteiger partial charge in [0.15, 0.2) is 0 Å². The van der Waals surface area contributed by atoms with E-state index in [0.717, 1.165) is 11.4 Å². The summed E-state index contributed by atoms with van der Waals surface area (Å²) in [7, 11) is 0. The molecule has 0 atom stereocenters. The second-order valence-electron chi connectivity index (χ2n) is 5.20. The molecule has 2 aromatic heterocycles. The van der Waals surface area contributed by atoms with Gasteiger partial charge < -0.3 is 5.32 Å². The number of anilines is 1. The molecule has 2 rings (SSSR count). The van der Waals surface area contributed by atoms with Gasteiger partial charge in [-0.1, -0.05) is 25.4 Å². The second kappa shape index (κ2) is 5.61. The van der Waals surface area contributed by atoms with Gasteiger partial charge in [0.05, 0.1) is 18.1 Å². The summed E-state index contributed by atoms with van der Waals surface area (Å²) in [6.45, 7) is 8.46. The molecule has 4 nitrogen and oxygen atoms in total. The van der Waals surface area contributed by atoms with Gasteiger partial charge in [0.25, 0.3) is 0 Å². The maximum absolute atomic E-state index is 5.96. The zero-order valence-electron chi connectivity index (χ0n) is 11.7. The topological polar surface area (TPSA) is 42.7 Å². The van der Waals surface area contributed by atoms with E-state index in [4.69, 9.17) is 11.6 Å². The minimum Gasteiger partial charge on any atom is -0.381 e. The molecule has 0 aromatic carbocycles. The van der Waals surface area contributed by atoms with Crippen molar-refractivity contribution in [2.24, 2.45) is 0 Å². The fourth-order valence-corrected chi connectivity index (χ4v) is 1.96. The minimum absolute atomic E-state index is 0.317. The van der Waals surface area contributed by atoms with Crippen molar-refractivity contribution in [3.05, 3.63) is 35.4 Å². The molecule has 0 bridgehead atoms. The van der Waals surface area contributed by atoms with Crippen LogP contribution in [-0.4, -0.2) is 20.8 Å². The number of nitrogens with zero attached hydrogens (tertiary/aromatic N) is 3. The molecular formula is C14H19ClN4. The van der Waals surface area contributed by atoms with Gasteiger partial charge in [-0.3, -0.25) is 0 Å². The lowest BCUT2D eigenvalue weighted by atomic mass is 10.1. The molecule has 0 fully saturated rings. The Morgan fingerprint density at radius 1 is 1.21 bits per heavy atom. The number of hydrogen-bond acceptors (Lipinski definition) is 3. The van der Waals surface area contributed by atoms with Gasteiger partial charge in [0.2, 0.25) is 0 Å². The van der Waals surface area contributed by atoms with E-state index in [-0.39, 0.29) is 0 Å². The summed E-state index contributed by atoms with van der Waals surface area (Å²) in [5.41, 5.74) is 3.05. The average molecular weight is 279 g/mol. The zero-order valence-corrected chi connectivity index (χ0v) is 12.4. The van der Waals surface area contributed by atoms with Crippen LogP contribution in [0.1, 0.15) is 39.2 Å². The molecule has 0 radical (unpaired) electrons. The van der Waals surface area contributed by atoms with E-state index in [0.29, 0.717) is 17.1 Å². The van der Waals surface area contributed by atoms with Crippen LogP contribution in [0.2, 0.25) is 5.15 Å². The Labute approximate surface area is 118 Å². The Balaban J connectivity index is 2.42. The number of hydrogen-bond donors (Lipinski definition) is 1. The van der Waals surface area contributed by atoms with Crippen LogP contribution in [0.15, 0.2) is 24.7 Å². The summed E-state index contributed by atoms with van der Waals surface area (Å²) >= 11 is 5.96. The summed E-state index contributed by atoms with van der Waals surface area (Å²) < 4.78 is 1.84. The van der Waals surface area contributed by atoms with Crippen LogP contribution >= 0.6 is 11.6 Å². The number of rotatable bonds is 4. The summed E-state index contributed by atoms with van der Waals surface area (Å²) in [5.74, 6) is 0.454. The van der Waals surface area contributed by atoms with Crippen LogP contribution < -0.4 is 5.32 Å². The molecule has 102 valence electrons. The minimum atomic E-state index is 0.317. The molecular weight excluding hydrogens is 260 g/mol. The summed E-state index contributed by atoms with van der Waals surface area (Å²) in [4.78, 5) is 4.14. The second-order valence-corrected chi connectivity index (χ2v) is 5.58. The number of nitrogens with one attached hydrogen (secondary N) is 1. The molecule has 0 aliphatic heterocycles. The molecule has 0 aliphatic carbocycles. The fourth-order valence-electron chi connectivity index (χ4n) is 1.80. The standard InChI is InChI=1S/C14H19ClN4/c1-9(2)11-6-17-19(8-11)13-7-16-14(15)5-12(13)18-10(3)4/h5-10H,1-4H3,(H,16,18). The summed E-state index contributed by atoms with van der Waals surface area (Å²) in [6, 6.07) is 2.14. The van der Waals surface area contributed by atoms with Gasteiger partial charge in [-0.25, -0.2) is 9.67 Å². The van der Waals surface area contributed by atoms with E-state index >= 15 is 0 Å². The van der Waals surface area contributed by atoms with Gasteiger partial charge in [-0.15, -0.1) is 0 Å². The smallest absolute Gasteiger partial charge is 0.131 e. The normalized spacial score (nSPS) is 11.3. The molecule has 0 spiro atoms. The first-order valence-corrected chi connectivity index (χ1v) is 6.82. The highest BCUT2D eigenvalue weighted by Crippen LogP contribution is 2.24. The van der Waals surface area contributed by atoms with Crippen LogP contribution in [0.3, 0.4) is 0 Å². The summed E-state index contributed by atoms with van der Waals surface area (Å²) in [5, 5.41) is 8.24. The van der Waals surface area contributed by atoms with Crippen LogP contribution in [0.5, 0.6) is 0 Å². The number of aromatic nitrogens is 3. The summed E-state index contributed by atoms with van der Waals surface area (Å²) in [6.07, 6.45) is 5.66. The molecule has 0 amide bonds. The third-order valence-corrected chi connectivity index (χ3v) is 3.02. The molecule has 1 N–H and O–H groups in total. The van der Waals surface area contributed by atoms with Gasteiger partial charge >= 0.3 is 0 Å². The van der Waals surface area contributed by atoms with Crippen molar-refractivity contribution in [3.63, 3.8) is 0 Å². The quantitative estimate of drug-likeness (QED) is 0.864. The zero-order chi connectivity index (χ0) is 14.0. The van der Waals surface area contributed by atoms with Crippen LogP contribution in [0, 0.1) is 0 Å². The van der Waals surface area contributed by atoms with E-state index in [1.165, 1.54) is 5.56 Å². The Morgan fingerprint density at radius 2 is 1.95 bits per heavy atom. The van der Waals surface area contributed by atoms with Crippen LogP contribution in [0.4, 0.5) is 5.69 Å². The van der Waals surface area contributed by atoms with Crippen molar-refractivity contribution in [2.45, 2.75) is 39.7 Å². The largest absolute Gasteiger partial charge is 0.381 e. The maximum Gasteiger partial charge on any atom is 0.131 e. The van der Waals surface area contributed by atoms with Gasteiger partial charge in [-0.05, 0) is 25.3 Å². The third kappa shape index (κ3) is 3.26. The molecule has 0 aliphatic rings. The van der Waals surface area contributed by atoms with Crippen molar-refractivity contribution in [3.8, 4) is 5.69 Å². The van der Waals surface area contributed by atoms with E-state index in [9.17, 15) is 0 Å². The Bertz CT molecular complexity index is 560. The predicted molar refractivity (Wildman–Crippen MR) is 79.2 cm³/mol. The van der Waals surface area contributed by atoms with E-state index < -0.39 is 0 Å². The fraction of sp³-hybridized carbons (Fsp3) is 0.429. The first-order valence-electron chi connectivity index (χ1n) is 6.44. The molecule has 2 aromatic rings. The molecule has 5 heteroatoms. The lowest BCUT2D eigenvalue weighted by Crippen LogP contribution is -2.12. The third-order valence-electron chi connectivity index (χ3n) is 2.81. The molecule has 0 saturated heterocycles. The molecule has 0 saturated carbocycles. The molecule has 0 unspecified atom stereocenters. The molecule has 19 heavy (non-hydrogen) atoms. The Morgan fingerprint density at radius 3 is 2.53 bits per heavy atom. The lowest BCUT2D eigenvalue weighted by Gasteiger charge is -2.14. The first kappa shape index (κ1) is 13.9. The SMILES string of the molecule is CC(C)Nc1cc(Cl)ncc1-n1cc(C(C)C)cn1. The van der Waals surface area contributed by atoms with E-state index in [2.05, 4.69) is 43.1 Å². The van der Waals surface area contributed by atoms with Crippen LogP contribution in [0.25, 0.3) is 5.69 Å². The average Bonchev–Trinajstić information content (AvgIpc) is 2.77. The van der Waals surface area contributed by atoms with Crippen molar-refractivity contribution in [1.82, 2.24) is 14.8 Å². The number of pyridine rings is 1. The Hall–Kier alpha value is -1.55. The highest BCUT2D eigenvalue weighted by atomic mass is 35.5. The van der Waals surface area contributed by atoms with E-state index in [1.807, 2.05) is 23.1 Å². The highest BCUT2D eigenvalue weighted by Gasteiger charge is 2.10. The van der Waals surface area contributed by atoms with Crippen molar-refractivity contribution >= 4 is 17.3 Å². The lowest BCUT2D eigenvalue weighted by molar-refractivity contribution is 0.847. The highest BCUT2D eigenvalue weighted by molar-refractivity contribution is 6.29. The van der Waals surface area contributed by atoms with E-state index in [1.54, 1.807) is 6.20 Å². The van der Waals surface area contributed by atoms with Gasteiger partial charge in [0, 0.05) is 18.3 Å². The Kier molecular flexibility index (Phi) is 4.10. The number of halogens is 1. The predicted octanol–water partition coefficient (Wildman–Crippen LogP) is 3.86. The van der Waals surface area contributed by atoms with Crippen molar-refractivity contribution in [2.75, 3.05) is 5.32 Å². The van der Waals surface area contributed by atoms with Crippen LogP contribution in [-0.2, 0) is 0 Å². The van der Waals surface area contributed by atoms with Gasteiger partial charge in [-0.2, -0.15) is 5.10 Å². The molecule has 2 heterocycles. The van der Waals surface area contributed by atoms with Gasteiger partial charge in [0.1, 0.15) is 10.8 Å². The monoisotopic (exact) mass is 278 g/mol. The first-order chi connectivity index (χ1) is 8.97. The van der Waals surface area contributed by atoms with Crippen molar-refractivity contribution < 1.29 is 0 Å². The van der Waals surface area contributed by atoms with Crippen molar-refractivity contribution in [1.29, 1.82) is 0 Å². The maximum atomic E-state index is 5.96.